The molecule has 1 N–H and O–H groups in total. The van der Waals surface area contributed by atoms with Gasteiger partial charge in [-0.1, -0.05) is 36.4 Å². The van der Waals surface area contributed by atoms with E-state index < -0.39 is 5.91 Å². The Labute approximate surface area is 168 Å². The van der Waals surface area contributed by atoms with E-state index in [4.69, 9.17) is 10.00 Å². The first-order valence-electron chi connectivity index (χ1n) is 8.87. The molecule has 3 aromatic carbocycles. The highest BCUT2D eigenvalue weighted by Crippen LogP contribution is 2.22. The number of nitriles is 1. The fourth-order valence-corrected chi connectivity index (χ4v) is 2.59. The number of hydrogen-bond donors (Lipinski definition) is 1. The van der Waals surface area contributed by atoms with Crippen LogP contribution in [0.3, 0.4) is 0 Å². The normalized spacial score (nSPS) is 10.9. The number of carbonyl (C=O) groups is 1. The Hall–Kier alpha value is -3.98. The molecule has 0 aliphatic rings. The van der Waals surface area contributed by atoms with Gasteiger partial charge in [0.2, 0.25) is 0 Å². The number of nitrogens with zero attached hydrogens (tertiary/aromatic N) is 2. The van der Waals surface area contributed by atoms with Gasteiger partial charge in [0.15, 0.2) is 6.61 Å². The van der Waals surface area contributed by atoms with E-state index in [1.807, 2.05) is 24.3 Å². The maximum absolute atomic E-state index is 13.2. The fraction of sp³-hybridized carbons (Fsp3) is 0.0870. The van der Waals surface area contributed by atoms with Crippen LogP contribution in [0, 0.1) is 17.1 Å². The summed E-state index contributed by atoms with van der Waals surface area (Å²) in [5.74, 6) is -0.239. The molecule has 5 nitrogen and oxygen atoms in total. The Morgan fingerprint density at radius 2 is 1.72 bits per heavy atom. The minimum atomic E-state index is -0.420. The van der Waals surface area contributed by atoms with Crippen LogP contribution in [0.4, 0.5) is 4.39 Å². The topological polar surface area (TPSA) is 74.5 Å². The quantitative estimate of drug-likeness (QED) is 0.507. The lowest BCUT2D eigenvalue weighted by atomic mass is 10.0. The second kappa shape index (κ2) is 9.29. The second-order valence-electron chi connectivity index (χ2n) is 6.24. The second-order valence-corrected chi connectivity index (χ2v) is 6.24. The molecule has 0 saturated carbocycles. The minimum Gasteiger partial charge on any atom is -0.484 e. The molecule has 29 heavy (non-hydrogen) atoms. The van der Waals surface area contributed by atoms with Crippen molar-refractivity contribution in [3.63, 3.8) is 0 Å². The molecule has 0 saturated heterocycles. The summed E-state index contributed by atoms with van der Waals surface area (Å²) < 4.78 is 18.7. The van der Waals surface area contributed by atoms with Crippen molar-refractivity contribution >= 4 is 11.6 Å². The molecular weight excluding hydrogens is 369 g/mol. The molecule has 1 amide bonds. The Balaban J connectivity index is 1.53. The third kappa shape index (κ3) is 5.50. The molecule has 0 spiro atoms. The van der Waals surface area contributed by atoms with Crippen molar-refractivity contribution < 1.29 is 13.9 Å². The SMILES string of the molecule is C/C(=N\NC(=O)COc1ccc(-c2ccc(C#N)cc2)cc1)c1cccc(F)c1. The van der Waals surface area contributed by atoms with Crippen LogP contribution in [-0.2, 0) is 4.79 Å². The Bertz CT molecular complexity index is 1070. The van der Waals surface area contributed by atoms with Crippen LogP contribution in [0.25, 0.3) is 11.1 Å². The largest absolute Gasteiger partial charge is 0.484 e. The summed E-state index contributed by atoms with van der Waals surface area (Å²) in [6, 6.07) is 22.6. The molecule has 6 heteroatoms. The van der Waals surface area contributed by atoms with Gasteiger partial charge in [0.1, 0.15) is 11.6 Å². The Kier molecular flexibility index (Phi) is 6.33. The predicted octanol–water partition coefficient (Wildman–Crippen LogP) is 4.28. The molecular formula is C23H18FN3O2. The third-order valence-corrected chi connectivity index (χ3v) is 4.16. The molecule has 0 aromatic heterocycles. The van der Waals surface area contributed by atoms with Gasteiger partial charge in [-0.05, 0) is 54.4 Å². The monoisotopic (exact) mass is 387 g/mol. The molecule has 3 rings (SSSR count). The zero-order valence-electron chi connectivity index (χ0n) is 15.7. The zero-order chi connectivity index (χ0) is 20.6. The van der Waals surface area contributed by atoms with Gasteiger partial charge >= 0.3 is 0 Å². The highest BCUT2D eigenvalue weighted by Gasteiger charge is 2.05. The van der Waals surface area contributed by atoms with Crippen LogP contribution in [-0.4, -0.2) is 18.2 Å². The summed E-state index contributed by atoms with van der Waals surface area (Å²) in [7, 11) is 0. The van der Waals surface area contributed by atoms with E-state index in [-0.39, 0.29) is 12.4 Å². The van der Waals surface area contributed by atoms with Crippen molar-refractivity contribution in [1.29, 1.82) is 5.26 Å². The molecule has 0 heterocycles. The van der Waals surface area contributed by atoms with E-state index in [2.05, 4.69) is 16.6 Å². The maximum Gasteiger partial charge on any atom is 0.277 e. The molecule has 0 aliphatic heterocycles. The average Bonchev–Trinajstić information content (AvgIpc) is 2.76. The summed E-state index contributed by atoms with van der Waals surface area (Å²) in [6.45, 7) is 1.48. The van der Waals surface area contributed by atoms with Crippen LogP contribution in [0.2, 0.25) is 0 Å². The van der Waals surface area contributed by atoms with Crippen LogP contribution in [0.5, 0.6) is 5.75 Å². The van der Waals surface area contributed by atoms with E-state index >= 15 is 0 Å². The number of halogens is 1. The first kappa shape index (κ1) is 19.8. The van der Waals surface area contributed by atoms with E-state index in [1.54, 1.807) is 43.3 Å². The number of amides is 1. The lowest BCUT2D eigenvalue weighted by molar-refractivity contribution is -0.123. The lowest BCUT2D eigenvalue weighted by Gasteiger charge is -2.07. The summed E-state index contributed by atoms with van der Waals surface area (Å²) in [5.41, 5.74) is 6.03. The number of benzene rings is 3. The van der Waals surface area contributed by atoms with Gasteiger partial charge in [0, 0.05) is 5.56 Å². The van der Waals surface area contributed by atoms with E-state index in [0.717, 1.165) is 11.1 Å². The minimum absolute atomic E-state index is 0.198. The van der Waals surface area contributed by atoms with Gasteiger partial charge in [-0.25, -0.2) is 9.82 Å². The molecule has 0 fully saturated rings. The van der Waals surface area contributed by atoms with E-state index in [1.165, 1.54) is 12.1 Å². The number of carbonyl (C=O) groups excluding carboxylic acids is 1. The van der Waals surface area contributed by atoms with Crippen LogP contribution in [0.1, 0.15) is 18.1 Å². The van der Waals surface area contributed by atoms with Crippen LogP contribution in [0.15, 0.2) is 77.9 Å². The highest BCUT2D eigenvalue weighted by atomic mass is 19.1. The van der Waals surface area contributed by atoms with Gasteiger partial charge in [-0.2, -0.15) is 10.4 Å². The van der Waals surface area contributed by atoms with E-state index in [0.29, 0.717) is 22.6 Å². The Morgan fingerprint density at radius 3 is 2.34 bits per heavy atom. The molecule has 0 aliphatic carbocycles. The van der Waals surface area contributed by atoms with Crippen molar-refractivity contribution in [1.82, 2.24) is 5.43 Å². The van der Waals surface area contributed by atoms with Crippen molar-refractivity contribution in [2.75, 3.05) is 6.61 Å². The number of hydrogen-bond acceptors (Lipinski definition) is 4. The molecule has 144 valence electrons. The standard InChI is InChI=1S/C23H18FN3O2/c1-16(20-3-2-4-21(24)13-20)26-27-23(28)15-29-22-11-9-19(10-12-22)18-7-5-17(14-25)6-8-18/h2-13H,15H2,1H3,(H,27,28)/b26-16+. The summed E-state index contributed by atoms with van der Waals surface area (Å²) in [6.07, 6.45) is 0. The smallest absolute Gasteiger partial charge is 0.277 e. The molecule has 0 unspecified atom stereocenters. The molecule has 0 bridgehead atoms. The lowest BCUT2D eigenvalue weighted by Crippen LogP contribution is -2.25. The van der Waals surface area contributed by atoms with Crippen LogP contribution >= 0.6 is 0 Å². The van der Waals surface area contributed by atoms with Crippen LogP contribution < -0.4 is 10.2 Å². The third-order valence-electron chi connectivity index (χ3n) is 4.16. The highest BCUT2D eigenvalue weighted by molar-refractivity contribution is 5.99. The maximum atomic E-state index is 13.2. The predicted molar refractivity (Wildman–Crippen MR) is 109 cm³/mol. The van der Waals surface area contributed by atoms with E-state index in [9.17, 15) is 9.18 Å². The summed E-state index contributed by atoms with van der Waals surface area (Å²) in [4.78, 5) is 11.9. The van der Waals surface area contributed by atoms with Crippen molar-refractivity contribution in [2.45, 2.75) is 6.92 Å². The zero-order valence-corrected chi connectivity index (χ0v) is 15.7. The van der Waals surface area contributed by atoms with Gasteiger partial charge in [-0.3, -0.25) is 4.79 Å². The van der Waals surface area contributed by atoms with Crippen molar-refractivity contribution in [3.8, 4) is 22.9 Å². The van der Waals surface area contributed by atoms with Gasteiger partial charge < -0.3 is 4.74 Å². The van der Waals surface area contributed by atoms with Gasteiger partial charge in [-0.15, -0.1) is 0 Å². The number of hydrazone groups is 1. The summed E-state index contributed by atoms with van der Waals surface area (Å²) in [5, 5.41) is 12.8. The number of nitrogens with one attached hydrogen (secondary N) is 1. The molecule has 0 atom stereocenters. The fourth-order valence-electron chi connectivity index (χ4n) is 2.59. The summed E-state index contributed by atoms with van der Waals surface area (Å²) >= 11 is 0. The first-order chi connectivity index (χ1) is 14.0. The number of rotatable bonds is 6. The Morgan fingerprint density at radius 1 is 1.07 bits per heavy atom. The molecule has 0 radical (unpaired) electrons. The number of ether oxygens (including phenoxy) is 1. The van der Waals surface area contributed by atoms with Crippen molar-refractivity contribution in [3.05, 3.63) is 89.7 Å². The van der Waals surface area contributed by atoms with Crippen molar-refractivity contribution in [2.24, 2.45) is 5.10 Å². The average molecular weight is 387 g/mol. The van der Waals surface area contributed by atoms with Gasteiger partial charge in [0.25, 0.3) is 5.91 Å². The molecule has 3 aromatic rings. The first-order valence-corrected chi connectivity index (χ1v) is 8.87. The van der Waals surface area contributed by atoms with Gasteiger partial charge in [0.05, 0.1) is 17.3 Å².